The Hall–Kier alpha value is -6.30. The third-order valence-electron chi connectivity index (χ3n) is 13.3. The van der Waals surface area contributed by atoms with Gasteiger partial charge in [0.1, 0.15) is 42.1 Å². The number of hydrogen-bond donors (Lipinski definition) is 2. The molecule has 2 aromatic heterocycles. The van der Waals surface area contributed by atoms with Crippen molar-refractivity contribution >= 4 is 43.3 Å². The number of hydrogen-bond acceptors (Lipinski definition) is 12. The molecule has 0 unspecified atom stereocenters. The maximum Gasteiger partial charge on any atom is 0.411 e. The first-order valence-electron chi connectivity index (χ1n) is 25.1. The molecule has 1 aliphatic heterocycles. The summed E-state index contributed by atoms with van der Waals surface area (Å²) >= 11 is 0. The van der Waals surface area contributed by atoms with Gasteiger partial charge in [0.25, 0.3) is 0 Å². The zero-order valence-electron chi connectivity index (χ0n) is 44.8. The van der Waals surface area contributed by atoms with Crippen molar-refractivity contribution in [3.05, 3.63) is 136 Å². The zero-order valence-corrected chi connectivity index (χ0v) is 45.8. The van der Waals surface area contributed by atoms with Crippen LogP contribution in [0, 0.1) is 5.92 Å². The van der Waals surface area contributed by atoms with Crippen molar-refractivity contribution in [3.8, 4) is 0 Å². The third-order valence-corrected chi connectivity index (χ3v) is 19.4. The molecule has 1 saturated heterocycles. The lowest BCUT2D eigenvalue weighted by molar-refractivity contribution is -0.166. The van der Waals surface area contributed by atoms with E-state index >= 15 is 9.59 Å². The summed E-state index contributed by atoms with van der Waals surface area (Å²) in [5, 5.41) is 6.58. The smallest absolute Gasteiger partial charge is 0.411 e. The number of esters is 1. The Morgan fingerprint density at radius 2 is 1.29 bits per heavy atom. The van der Waals surface area contributed by atoms with E-state index < -0.39 is 79.5 Å². The minimum atomic E-state index is -2.61. The van der Waals surface area contributed by atoms with Gasteiger partial charge in [0.15, 0.2) is 11.9 Å². The fourth-order valence-corrected chi connectivity index (χ4v) is 15.7. The SMILES string of the molecule is CC(C)[C@H](NC(=O)OC(C)(C)C)C(=O)O[C@H]1[C@@H](OCO[Si](C(C)C)(C(C)C)C(C)C)[C@H](c2c[nH]c3c(N=[N+]=[N-])ncnc23)N(C(=O)OC(C)(C)C)[C@@H]1COC(c1ccccc1)(c1ccccc1)c1ccccc1. The molecule has 2 amide bonds. The molecule has 1 aliphatic rings. The van der Waals surface area contributed by atoms with Crippen LogP contribution in [0.4, 0.5) is 15.4 Å². The number of azide groups is 1. The Balaban J connectivity index is 1.64. The molecule has 3 heterocycles. The first-order valence-corrected chi connectivity index (χ1v) is 27.2. The molecule has 1 fully saturated rings. The highest BCUT2D eigenvalue weighted by atomic mass is 28.4. The highest BCUT2D eigenvalue weighted by Crippen LogP contribution is 2.48. The monoisotopic (exact) mass is 1020 g/mol. The second-order valence-corrected chi connectivity index (χ2v) is 27.3. The number of aromatic amines is 1. The van der Waals surface area contributed by atoms with Crippen molar-refractivity contribution in [3.63, 3.8) is 0 Å². The number of carbonyl (C=O) groups excluding carboxylic acids is 3. The molecule has 73 heavy (non-hydrogen) atoms. The van der Waals surface area contributed by atoms with Crippen molar-refractivity contribution in [2.24, 2.45) is 11.0 Å². The summed E-state index contributed by atoms with van der Waals surface area (Å²) in [5.41, 5.74) is 10.3. The molecular weight excluding hydrogens is 945 g/mol. The van der Waals surface area contributed by atoms with Gasteiger partial charge in [0.2, 0.25) is 8.32 Å². The van der Waals surface area contributed by atoms with Crippen LogP contribution < -0.4 is 5.32 Å². The minimum absolute atomic E-state index is 0.0252. The van der Waals surface area contributed by atoms with Gasteiger partial charge in [0.05, 0.1) is 29.7 Å². The highest BCUT2D eigenvalue weighted by molar-refractivity contribution is 6.77. The lowest BCUT2D eigenvalue weighted by atomic mass is 9.80. The molecule has 0 spiro atoms. The zero-order chi connectivity index (χ0) is 53.5. The molecule has 392 valence electrons. The van der Waals surface area contributed by atoms with Gasteiger partial charge in [-0.05, 0) is 91.4 Å². The van der Waals surface area contributed by atoms with E-state index in [0.717, 1.165) is 16.7 Å². The van der Waals surface area contributed by atoms with Gasteiger partial charge in [-0.25, -0.2) is 24.4 Å². The van der Waals surface area contributed by atoms with Crippen LogP contribution in [0.25, 0.3) is 21.5 Å². The molecule has 6 rings (SSSR count). The van der Waals surface area contributed by atoms with Crippen LogP contribution in [-0.2, 0) is 38.5 Å². The summed E-state index contributed by atoms with van der Waals surface area (Å²) in [6, 6.07) is 25.8. The van der Waals surface area contributed by atoms with Gasteiger partial charge in [-0.1, -0.05) is 146 Å². The fourth-order valence-electron chi connectivity index (χ4n) is 10.4. The molecule has 0 radical (unpaired) electrons. The Bertz CT molecular complexity index is 2560. The predicted octanol–water partition coefficient (Wildman–Crippen LogP) is 12.6. The fraction of sp³-hybridized carbons (Fsp3) is 0.509. The van der Waals surface area contributed by atoms with Crippen LogP contribution in [0.5, 0.6) is 0 Å². The Morgan fingerprint density at radius 1 is 0.767 bits per heavy atom. The van der Waals surface area contributed by atoms with Gasteiger partial charge in [-0.3, -0.25) is 4.90 Å². The number of alkyl carbamates (subject to hydrolysis) is 1. The summed E-state index contributed by atoms with van der Waals surface area (Å²) in [4.78, 5) is 60.6. The number of carbonyl (C=O) groups is 3. The topological polar surface area (TPSA) is 212 Å². The van der Waals surface area contributed by atoms with E-state index in [4.69, 9.17) is 28.1 Å². The maximum atomic E-state index is 15.5. The molecule has 5 aromatic rings. The largest absolute Gasteiger partial charge is 0.456 e. The maximum absolute atomic E-state index is 15.5. The number of aromatic nitrogens is 3. The summed E-state index contributed by atoms with van der Waals surface area (Å²) in [6.45, 7) is 26.6. The average Bonchev–Trinajstić information content (AvgIpc) is 3.88. The van der Waals surface area contributed by atoms with Crippen LogP contribution in [-0.4, -0.2) is 95.2 Å². The summed E-state index contributed by atoms with van der Waals surface area (Å²) in [5.74, 6) is -1.27. The lowest BCUT2D eigenvalue weighted by Crippen LogP contribution is -2.52. The number of rotatable bonds is 19. The number of H-pyrrole nitrogens is 1. The van der Waals surface area contributed by atoms with Crippen LogP contribution in [0.3, 0.4) is 0 Å². The number of likely N-dealkylation sites (tertiary alicyclic amines) is 1. The van der Waals surface area contributed by atoms with Gasteiger partial charge in [-0.15, -0.1) is 0 Å². The molecule has 17 nitrogen and oxygen atoms in total. The first-order chi connectivity index (χ1) is 34.5. The van der Waals surface area contributed by atoms with Crippen molar-refractivity contribution < 1.29 is 42.5 Å². The van der Waals surface area contributed by atoms with Gasteiger partial charge < -0.3 is 38.4 Å². The lowest BCUT2D eigenvalue weighted by Gasteiger charge is -2.42. The van der Waals surface area contributed by atoms with E-state index in [1.807, 2.05) is 91.0 Å². The van der Waals surface area contributed by atoms with Crippen molar-refractivity contribution in [2.45, 2.75) is 161 Å². The molecule has 0 bridgehead atoms. The minimum Gasteiger partial charge on any atom is -0.456 e. The normalized spacial score (nSPS) is 18.0. The van der Waals surface area contributed by atoms with E-state index in [1.165, 1.54) is 11.2 Å². The number of fused-ring (bicyclic) bond motifs is 1. The molecular formula is C55H74N8O9Si. The van der Waals surface area contributed by atoms with E-state index in [2.05, 4.69) is 71.8 Å². The predicted molar refractivity (Wildman–Crippen MR) is 282 cm³/mol. The second kappa shape index (κ2) is 23.3. The number of nitrogens with one attached hydrogen (secondary N) is 2. The van der Waals surface area contributed by atoms with Crippen molar-refractivity contribution in [1.82, 2.24) is 25.2 Å². The highest BCUT2D eigenvalue weighted by Gasteiger charge is 2.58. The van der Waals surface area contributed by atoms with Crippen LogP contribution in [0.2, 0.25) is 16.6 Å². The molecule has 2 N–H and O–H groups in total. The summed E-state index contributed by atoms with van der Waals surface area (Å²) < 4.78 is 40.4. The number of nitrogens with zero attached hydrogens (tertiary/aromatic N) is 6. The molecule has 0 saturated carbocycles. The second-order valence-electron chi connectivity index (χ2n) is 21.8. The van der Waals surface area contributed by atoms with Crippen LogP contribution in [0.15, 0.2) is 109 Å². The van der Waals surface area contributed by atoms with Crippen LogP contribution in [0.1, 0.15) is 125 Å². The summed E-state index contributed by atoms with van der Waals surface area (Å²) in [7, 11) is -2.61. The molecule has 18 heteroatoms. The average molecular weight is 1020 g/mol. The van der Waals surface area contributed by atoms with Gasteiger partial charge in [-0.2, -0.15) is 0 Å². The standard InChI is InChI=1S/C55H74N8O9Si/c1-34(2)43(60-51(65)71-53(9,10)11)50(64)70-47-42(31-68-55(38-24-18-15-19-25-38,39-26-20-16-21-27-39)40-28-22-17-23-29-40)63(52(66)72-54(12,13)14)46(41-30-57-45-44(41)58-32-59-49(45)61-62-56)48(47)67-33-69-73(35(3)4,36(5)6)37(7)8/h15-30,32,34-37,42-43,46-48,57H,31,33H2,1-14H3,(H,60,65)/t42-,43+,46+,47-,48+/m1/s1. The Morgan fingerprint density at radius 3 is 1.75 bits per heavy atom. The third kappa shape index (κ3) is 12.4. The van der Waals surface area contributed by atoms with E-state index in [1.54, 1.807) is 61.6 Å². The van der Waals surface area contributed by atoms with E-state index in [-0.39, 0.29) is 35.8 Å². The quantitative estimate of drug-likeness (QED) is 0.0116. The Labute approximate surface area is 430 Å². The Kier molecular flexibility index (Phi) is 17.9. The molecule has 3 aromatic carbocycles. The number of amides is 2. The van der Waals surface area contributed by atoms with E-state index in [9.17, 15) is 10.3 Å². The van der Waals surface area contributed by atoms with Gasteiger partial charge >= 0.3 is 18.2 Å². The van der Waals surface area contributed by atoms with E-state index in [0.29, 0.717) is 16.6 Å². The molecule has 5 atom stereocenters. The number of ether oxygens (including phenoxy) is 5. The number of benzene rings is 3. The van der Waals surface area contributed by atoms with Crippen LogP contribution >= 0.6 is 0 Å². The first kappa shape index (κ1) is 56.0. The van der Waals surface area contributed by atoms with Crippen molar-refractivity contribution in [2.75, 3.05) is 13.4 Å². The summed E-state index contributed by atoms with van der Waals surface area (Å²) in [6.07, 6.45) is -1.22. The van der Waals surface area contributed by atoms with Gasteiger partial charge in [0, 0.05) is 16.7 Å². The van der Waals surface area contributed by atoms with Crippen molar-refractivity contribution in [1.29, 1.82) is 0 Å². The molecule has 0 aliphatic carbocycles.